The Balaban J connectivity index is 2.23. The SMILES string of the molecule is CC(O)CNC(=O)c1cnn2ccncc12. The lowest BCUT2D eigenvalue weighted by atomic mass is 10.2. The Morgan fingerprint density at radius 3 is 3.19 bits per heavy atom. The van der Waals surface area contributed by atoms with Crippen LogP contribution >= 0.6 is 0 Å². The van der Waals surface area contributed by atoms with Gasteiger partial charge in [-0.25, -0.2) is 4.52 Å². The van der Waals surface area contributed by atoms with Gasteiger partial charge in [0.25, 0.3) is 5.91 Å². The molecular formula is C10H12N4O2. The van der Waals surface area contributed by atoms with Crippen LogP contribution in [0.3, 0.4) is 0 Å². The van der Waals surface area contributed by atoms with Crippen LogP contribution in [0.25, 0.3) is 5.52 Å². The zero-order chi connectivity index (χ0) is 11.5. The highest BCUT2D eigenvalue weighted by atomic mass is 16.3. The molecule has 1 amide bonds. The van der Waals surface area contributed by atoms with Crippen LogP contribution in [0.15, 0.2) is 24.8 Å². The molecule has 1 unspecified atom stereocenters. The van der Waals surface area contributed by atoms with Gasteiger partial charge in [0.2, 0.25) is 0 Å². The second-order valence-corrected chi connectivity index (χ2v) is 3.52. The van der Waals surface area contributed by atoms with Crippen molar-refractivity contribution in [2.24, 2.45) is 0 Å². The van der Waals surface area contributed by atoms with Gasteiger partial charge in [-0.05, 0) is 6.92 Å². The lowest BCUT2D eigenvalue weighted by molar-refractivity contribution is 0.0925. The van der Waals surface area contributed by atoms with Crippen molar-refractivity contribution >= 4 is 11.4 Å². The van der Waals surface area contributed by atoms with Gasteiger partial charge in [0.1, 0.15) is 0 Å². The largest absolute Gasteiger partial charge is 0.392 e. The van der Waals surface area contributed by atoms with Crippen molar-refractivity contribution in [1.82, 2.24) is 19.9 Å². The van der Waals surface area contributed by atoms with E-state index in [2.05, 4.69) is 15.4 Å². The lowest BCUT2D eigenvalue weighted by Crippen LogP contribution is -2.30. The minimum atomic E-state index is -0.566. The van der Waals surface area contributed by atoms with Gasteiger partial charge in [-0.15, -0.1) is 0 Å². The van der Waals surface area contributed by atoms with Crippen molar-refractivity contribution in [3.8, 4) is 0 Å². The van der Waals surface area contributed by atoms with Crippen LogP contribution in [-0.2, 0) is 0 Å². The number of aliphatic hydroxyl groups excluding tert-OH is 1. The maximum Gasteiger partial charge on any atom is 0.255 e. The van der Waals surface area contributed by atoms with E-state index in [0.717, 1.165) is 0 Å². The van der Waals surface area contributed by atoms with Crippen LogP contribution in [0.4, 0.5) is 0 Å². The predicted octanol–water partition coefficient (Wildman–Crippen LogP) is -0.160. The summed E-state index contributed by atoms with van der Waals surface area (Å²) in [6.07, 6.45) is 5.75. The molecule has 0 aliphatic carbocycles. The minimum absolute atomic E-state index is 0.219. The van der Waals surface area contributed by atoms with Crippen LogP contribution in [0.5, 0.6) is 0 Å². The summed E-state index contributed by atoms with van der Waals surface area (Å²) >= 11 is 0. The highest BCUT2D eigenvalue weighted by Gasteiger charge is 2.12. The fraction of sp³-hybridized carbons (Fsp3) is 0.300. The molecule has 2 N–H and O–H groups in total. The molecule has 0 aromatic carbocycles. The van der Waals surface area contributed by atoms with Crippen molar-refractivity contribution < 1.29 is 9.90 Å². The van der Waals surface area contributed by atoms with Crippen molar-refractivity contribution in [3.63, 3.8) is 0 Å². The molecule has 0 saturated heterocycles. The second-order valence-electron chi connectivity index (χ2n) is 3.52. The summed E-state index contributed by atoms with van der Waals surface area (Å²) in [5.41, 5.74) is 1.10. The van der Waals surface area contributed by atoms with Crippen LogP contribution in [0.1, 0.15) is 17.3 Å². The predicted molar refractivity (Wildman–Crippen MR) is 57.0 cm³/mol. The topological polar surface area (TPSA) is 79.5 Å². The monoisotopic (exact) mass is 220 g/mol. The van der Waals surface area contributed by atoms with Gasteiger partial charge in [-0.2, -0.15) is 5.10 Å². The third-order valence-electron chi connectivity index (χ3n) is 2.13. The molecule has 0 bridgehead atoms. The van der Waals surface area contributed by atoms with Crippen LogP contribution in [0.2, 0.25) is 0 Å². The Bertz CT molecular complexity index is 506. The summed E-state index contributed by atoms with van der Waals surface area (Å²) in [6, 6.07) is 0. The molecule has 0 aliphatic heterocycles. The van der Waals surface area contributed by atoms with Crippen LogP contribution in [-0.4, -0.2) is 38.3 Å². The lowest BCUT2D eigenvalue weighted by Gasteiger charge is -2.05. The first-order valence-corrected chi connectivity index (χ1v) is 4.92. The number of aliphatic hydroxyl groups is 1. The highest BCUT2D eigenvalue weighted by molar-refractivity contribution is 6.00. The molecule has 2 heterocycles. The van der Waals surface area contributed by atoms with E-state index in [1.807, 2.05) is 0 Å². The fourth-order valence-corrected chi connectivity index (χ4v) is 1.35. The molecule has 1 atom stereocenters. The first-order valence-electron chi connectivity index (χ1n) is 4.92. The molecular weight excluding hydrogens is 208 g/mol. The third-order valence-corrected chi connectivity index (χ3v) is 2.13. The van der Waals surface area contributed by atoms with E-state index in [4.69, 9.17) is 5.11 Å². The number of hydrogen-bond donors (Lipinski definition) is 2. The van der Waals surface area contributed by atoms with Gasteiger partial charge >= 0.3 is 0 Å². The van der Waals surface area contributed by atoms with Crippen molar-refractivity contribution in [2.45, 2.75) is 13.0 Å². The summed E-state index contributed by atoms with van der Waals surface area (Å²) in [5.74, 6) is -0.260. The Morgan fingerprint density at radius 2 is 2.44 bits per heavy atom. The smallest absolute Gasteiger partial charge is 0.255 e. The maximum absolute atomic E-state index is 11.7. The Hall–Kier alpha value is -1.95. The van der Waals surface area contributed by atoms with Gasteiger partial charge in [0, 0.05) is 18.9 Å². The second kappa shape index (κ2) is 4.28. The van der Waals surface area contributed by atoms with Crippen LogP contribution < -0.4 is 5.32 Å². The van der Waals surface area contributed by atoms with Gasteiger partial charge in [0.05, 0.1) is 29.6 Å². The number of nitrogens with one attached hydrogen (secondary N) is 1. The Kier molecular flexibility index (Phi) is 2.82. The molecule has 0 aliphatic rings. The summed E-state index contributed by atoms with van der Waals surface area (Å²) in [4.78, 5) is 15.7. The molecule has 0 saturated carbocycles. The van der Waals surface area contributed by atoms with Gasteiger partial charge in [-0.3, -0.25) is 9.78 Å². The number of amides is 1. The maximum atomic E-state index is 11.7. The molecule has 0 radical (unpaired) electrons. The molecule has 0 spiro atoms. The van der Waals surface area contributed by atoms with E-state index in [1.54, 1.807) is 30.0 Å². The first-order chi connectivity index (χ1) is 7.68. The standard InChI is InChI=1S/C10H12N4O2/c1-7(15)4-12-10(16)8-5-13-14-3-2-11-6-9(8)14/h2-3,5-7,15H,4H2,1H3,(H,12,16). The number of carbonyl (C=O) groups excluding carboxylic acids is 1. The number of hydrogen-bond acceptors (Lipinski definition) is 4. The van der Waals surface area contributed by atoms with Gasteiger partial charge in [-0.1, -0.05) is 0 Å². The van der Waals surface area contributed by atoms with Crippen molar-refractivity contribution in [3.05, 3.63) is 30.4 Å². The average molecular weight is 220 g/mol. The number of fused-ring (bicyclic) bond motifs is 1. The van der Waals surface area contributed by atoms with Crippen molar-refractivity contribution in [2.75, 3.05) is 6.54 Å². The Morgan fingerprint density at radius 1 is 1.62 bits per heavy atom. The van der Waals surface area contributed by atoms with E-state index in [-0.39, 0.29) is 12.5 Å². The van der Waals surface area contributed by atoms with Crippen molar-refractivity contribution in [1.29, 1.82) is 0 Å². The molecule has 0 fully saturated rings. The highest BCUT2D eigenvalue weighted by Crippen LogP contribution is 2.07. The van der Waals surface area contributed by atoms with E-state index in [1.165, 1.54) is 6.20 Å². The average Bonchev–Trinajstić information content (AvgIpc) is 2.69. The minimum Gasteiger partial charge on any atom is -0.392 e. The molecule has 84 valence electrons. The summed E-state index contributed by atoms with van der Waals surface area (Å²) < 4.78 is 1.57. The zero-order valence-electron chi connectivity index (χ0n) is 8.79. The fourth-order valence-electron chi connectivity index (χ4n) is 1.35. The number of nitrogens with zero attached hydrogens (tertiary/aromatic N) is 3. The van der Waals surface area contributed by atoms with E-state index in [9.17, 15) is 4.79 Å². The third kappa shape index (κ3) is 2.01. The van der Waals surface area contributed by atoms with Crippen LogP contribution in [0, 0.1) is 0 Å². The number of aromatic nitrogens is 3. The molecule has 2 aromatic heterocycles. The first kappa shape index (κ1) is 10.6. The van der Waals surface area contributed by atoms with E-state index in [0.29, 0.717) is 11.1 Å². The Labute approximate surface area is 91.9 Å². The summed E-state index contributed by atoms with van der Waals surface area (Å²) in [7, 11) is 0. The van der Waals surface area contributed by atoms with E-state index >= 15 is 0 Å². The number of rotatable bonds is 3. The molecule has 2 rings (SSSR count). The summed E-state index contributed by atoms with van der Waals surface area (Å²) in [5, 5.41) is 15.7. The molecule has 6 nitrogen and oxygen atoms in total. The normalized spacial score (nSPS) is 12.6. The quantitative estimate of drug-likeness (QED) is 0.753. The molecule has 2 aromatic rings. The summed E-state index contributed by atoms with van der Waals surface area (Å²) in [6.45, 7) is 1.83. The number of carbonyl (C=O) groups is 1. The van der Waals surface area contributed by atoms with Gasteiger partial charge in [0.15, 0.2) is 0 Å². The zero-order valence-corrected chi connectivity index (χ0v) is 8.79. The van der Waals surface area contributed by atoms with E-state index < -0.39 is 6.10 Å². The van der Waals surface area contributed by atoms with Gasteiger partial charge < -0.3 is 10.4 Å². The molecule has 6 heteroatoms. The molecule has 16 heavy (non-hydrogen) atoms.